The van der Waals surface area contributed by atoms with Gasteiger partial charge in [0.25, 0.3) is 0 Å². The Bertz CT molecular complexity index is 924. The van der Waals surface area contributed by atoms with Gasteiger partial charge >= 0.3 is 5.63 Å². The van der Waals surface area contributed by atoms with Crippen LogP contribution in [-0.4, -0.2) is 24.4 Å². The first kappa shape index (κ1) is 14.8. The van der Waals surface area contributed by atoms with E-state index in [0.717, 1.165) is 0 Å². The Balaban J connectivity index is 2.37. The molecule has 0 saturated heterocycles. The molecule has 1 heterocycles. The first-order valence-corrected chi connectivity index (χ1v) is 6.76. The quantitative estimate of drug-likeness (QED) is 0.723. The highest BCUT2D eigenvalue weighted by molar-refractivity contribution is 5.95. The molecule has 0 fully saturated rings. The lowest BCUT2D eigenvalue weighted by atomic mass is 10.0. The highest BCUT2D eigenvalue weighted by Crippen LogP contribution is 2.40. The lowest BCUT2D eigenvalue weighted by molar-refractivity contribution is 0.393. The van der Waals surface area contributed by atoms with Gasteiger partial charge in [-0.15, -0.1) is 0 Å². The fraction of sp³-hybridized carbons (Fsp3) is 0.118. The molecule has 0 bridgehead atoms. The van der Waals surface area contributed by atoms with Crippen LogP contribution in [-0.2, 0) is 0 Å². The average Bonchev–Trinajstić information content (AvgIpc) is 2.55. The van der Waals surface area contributed by atoms with Crippen LogP contribution in [0.25, 0.3) is 22.1 Å². The molecule has 6 nitrogen and oxygen atoms in total. The highest BCUT2D eigenvalue weighted by atomic mass is 16.5. The van der Waals surface area contributed by atoms with E-state index in [1.165, 1.54) is 44.6 Å². The van der Waals surface area contributed by atoms with Crippen LogP contribution in [0.15, 0.2) is 45.6 Å². The molecule has 2 N–H and O–H groups in total. The first-order chi connectivity index (χ1) is 11.0. The summed E-state index contributed by atoms with van der Waals surface area (Å²) in [6, 6.07) is 8.96. The number of phenolic OH excluding ortho intramolecular Hbond substituents is 1. The van der Waals surface area contributed by atoms with Crippen LogP contribution in [0.1, 0.15) is 0 Å². The normalized spacial score (nSPS) is 10.7. The Kier molecular flexibility index (Phi) is 3.57. The van der Waals surface area contributed by atoms with E-state index in [9.17, 15) is 15.0 Å². The third-order valence-electron chi connectivity index (χ3n) is 3.53. The Labute approximate surface area is 131 Å². The molecule has 0 aliphatic rings. The van der Waals surface area contributed by atoms with Crippen molar-refractivity contribution in [3.05, 3.63) is 46.8 Å². The van der Waals surface area contributed by atoms with E-state index in [4.69, 9.17) is 13.9 Å². The topological polar surface area (TPSA) is 89.1 Å². The van der Waals surface area contributed by atoms with Gasteiger partial charge in [0.1, 0.15) is 39.5 Å². The number of hydrogen-bond acceptors (Lipinski definition) is 6. The summed E-state index contributed by atoms with van der Waals surface area (Å²) < 4.78 is 15.7. The molecule has 3 aromatic rings. The summed E-state index contributed by atoms with van der Waals surface area (Å²) in [6.45, 7) is 0. The molecule has 3 rings (SSSR count). The predicted molar refractivity (Wildman–Crippen MR) is 84.4 cm³/mol. The van der Waals surface area contributed by atoms with Gasteiger partial charge in [-0.3, -0.25) is 0 Å². The van der Waals surface area contributed by atoms with E-state index in [-0.39, 0.29) is 28.0 Å². The largest absolute Gasteiger partial charge is 0.508 e. The van der Waals surface area contributed by atoms with Crippen LogP contribution in [0.4, 0.5) is 0 Å². The highest BCUT2D eigenvalue weighted by Gasteiger charge is 2.20. The zero-order valence-corrected chi connectivity index (χ0v) is 12.5. The van der Waals surface area contributed by atoms with Gasteiger partial charge in [0.2, 0.25) is 0 Å². The smallest absolute Gasteiger partial charge is 0.347 e. The summed E-state index contributed by atoms with van der Waals surface area (Å²) in [5, 5.41) is 20.2. The average molecular weight is 314 g/mol. The van der Waals surface area contributed by atoms with Gasteiger partial charge in [0.15, 0.2) is 0 Å². The van der Waals surface area contributed by atoms with Crippen molar-refractivity contribution in [2.24, 2.45) is 0 Å². The van der Waals surface area contributed by atoms with Crippen LogP contribution < -0.4 is 15.1 Å². The molecule has 118 valence electrons. The monoisotopic (exact) mass is 314 g/mol. The van der Waals surface area contributed by atoms with E-state index in [1.54, 1.807) is 6.07 Å². The van der Waals surface area contributed by atoms with Crippen LogP contribution >= 0.6 is 0 Å². The molecule has 0 aliphatic heterocycles. The summed E-state index contributed by atoms with van der Waals surface area (Å²) >= 11 is 0. The number of hydrogen-bond donors (Lipinski definition) is 2. The molecule has 0 atom stereocenters. The van der Waals surface area contributed by atoms with Crippen LogP contribution in [0.2, 0.25) is 0 Å². The number of phenols is 1. The van der Waals surface area contributed by atoms with Crippen molar-refractivity contribution in [3.8, 4) is 34.1 Å². The second kappa shape index (κ2) is 5.57. The zero-order chi connectivity index (χ0) is 16.6. The number of benzene rings is 2. The van der Waals surface area contributed by atoms with E-state index >= 15 is 0 Å². The lowest BCUT2D eigenvalue weighted by Crippen LogP contribution is -2.04. The maximum absolute atomic E-state index is 12.3. The lowest BCUT2D eigenvalue weighted by Gasteiger charge is -2.11. The van der Waals surface area contributed by atoms with Crippen LogP contribution in [0.5, 0.6) is 23.0 Å². The molecule has 0 unspecified atom stereocenters. The number of aromatic hydroxyl groups is 2. The summed E-state index contributed by atoms with van der Waals surface area (Å²) in [4.78, 5) is 12.3. The van der Waals surface area contributed by atoms with Gasteiger partial charge in [-0.1, -0.05) is 12.1 Å². The molecule has 0 spiro atoms. The Hall–Kier alpha value is -3.15. The van der Waals surface area contributed by atoms with Gasteiger partial charge in [0.05, 0.1) is 14.2 Å². The summed E-state index contributed by atoms with van der Waals surface area (Å²) in [5.41, 5.74) is -0.114. The summed E-state index contributed by atoms with van der Waals surface area (Å²) in [5.74, 6) is 0.567. The van der Waals surface area contributed by atoms with Gasteiger partial charge < -0.3 is 24.1 Å². The summed E-state index contributed by atoms with van der Waals surface area (Å²) in [6.07, 6.45) is 0. The Morgan fingerprint density at radius 3 is 2.30 bits per heavy atom. The zero-order valence-electron chi connectivity index (χ0n) is 12.5. The Morgan fingerprint density at radius 2 is 1.70 bits per heavy atom. The number of methoxy groups -OCH3 is 2. The van der Waals surface area contributed by atoms with Crippen molar-refractivity contribution < 1.29 is 24.1 Å². The number of fused-ring (bicyclic) bond motifs is 1. The van der Waals surface area contributed by atoms with Crippen LogP contribution in [0.3, 0.4) is 0 Å². The van der Waals surface area contributed by atoms with Gasteiger partial charge in [-0.05, 0) is 17.7 Å². The van der Waals surface area contributed by atoms with E-state index in [0.29, 0.717) is 17.1 Å². The third kappa shape index (κ3) is 2.44. The van der Waals surface area contributed by atoms with Crippen molar-refractivity contribution in [1.82, 2.24) is 0 Å². The van der Waals surface area contributed by atoms with Gasteiger partial charge in [0, 0.05) is 12.1 Å². The molecule has 0 aliphatic carbocycles. The van der Waals surface area contributed by atoms with Crippen molar-refractivity contribution in [2.45, 2.75) is 0 Å². The van der Waals surface area contributed by atoms with Crippen molar-refractivity contribution in [1.29, 1.82) is 0 Å². The second-order valence-corrected chi connectivity index (χ2v) is 4.86. The van der Waals surface area contributed by atoms with E-state index in [1.807, 2.05) is 0 Å². The van der Waals surface area contributed by atoms with Crippen molar-refractivity contribution >= 4 is 11.0 Å². The molecular formula is C17H14O6. The molecule has 0 radical (unpaired) electrons. The van der Waals surface area contributed by atoms with Gasteiger partial charge in [-0.2, -0.15) is 0 Å². The molecular weight excluding hydrogens is 300 g/mol. The number of rotatable bonds is 3. The third-order valence-corrected chi connectivity index (χ3v) is 3.53. The van der Waals surface area contributed by atoms with Crippen molar-refractivity contribution in [2.75, 3.05) is 14.2 Å². The minimum Gasteiger partial charge on any atom is -0.508 e. The molecule has 1 aromatic heterocycles. The minimum atomic E-state index is -0.698. The molecule has 6 heteroatoms. The van der Waals surface area contributed by atoms with Crippen molar-refractivity contribution in [3.63, 3.8) is 0 Å². The fourth-order valence-corrected chi connectivity index (χ4v) is 2.41. The van der Waals surface area contributed by atoms with E-state index in [2.05, 4.69) is 0 Å². The van der Waals surface area contributed by atoms with Crippen LogP contribution in [0, 0.1) is 0 Å². The SMILES string of the molecule is COc1cc(OC)c2c(O)c(-c3ccc(O)cc3)c(=O)oc2c1. The second-order valence-electron chi connectivity index (χ2n) is 4.86. The van der Waals surface area contributed by atoms with Gasteiger partial charge in [-0.25, -0.2) is 4.79 Å². The number of ether oxygens (including phenoxy) is 2. The predicted octanol–water partition coefficient (Wildman–Crippen LogP) is 2.89. The molecule has 23 heavy (non-hydrogen) atoms. The molecule has 2 aromatic carbocycles. The summed E-state index contributed by atoms with van der Waals surface area (Å²) in [7, 11) is 2.92. The maximum atomic E-state index is 12.3. The fourth-order valence-electron chi connectivity index (χ4n) is 2.41. The molecule has 0 saturated carbocycles. The maximum Gasteiger partial charge on any atom is 0.347 e. The minimum absolute atomic E-state index is 0.000895. The standard InChI is InChI=1S/C17H14O6/c1-21-11-7-12(22-2)15-13(8-11)23-17(20)14(16(15)19)9-3-5-10(18)6-4-9/h3-8,18-19H,1-2H3. The first-order valence-electron chi connectivity index (χ1n) is 6.76. The molecule has 0 amide bonds. The van der Waals surface area contributed by atoms with E-state index < -0.39 is 5.63 Å². The Morgan fingerprint density at radius 1 is 1.00 bits per heavy atom.